The molecule has 0 fully saturated rings. The Morgan fingerprint density at radius 3 is 2.79 bits per heavy atom. The van der Waals surface area contributed by atoms with Crippen molar-refractivity contribution in [2.45, 2.75) is 0 Å². The molecule has 1 aromatic heterocycles. The fraction of sp³-hybridized carbons (Fsp3) is 0. The molecule has 0 spiro atoms. The Morgan fingerprint density at radius 2 is 2.07 bits per heavy atom. The fourth-order valence-corrected chi connectivity index (χ4v) is 1.08. The van der Waals surface area contributed by atoms with Crippen LogP contribution < -0.4 is 0 Å². The SMILES string of the molecule is [N-]=[N+]=Nc1cccc(-n2nccn2)c1. The summed E-state index contributed by atoms with van der Waals surface area (Å²) >= 11 is 0. The topological polar surface area (TPSA) is 79.5 Å². The summed E-state index contributed by atoms with van der Waals surface area (Å²) in [5.74, 6) is 0. The van der Waals surface area contributed by atoms with Crippen LogP contribution in [0, 0.1) is 0 Å². The lowest BCUT2D eigenvalue weighted by molar-refractivity contribution is 0.752. The van der Waals surface area contributed by atoms with E-state index >= 15 is 0 Å². The van der Waals surface area contributed by atoms with Gasteiger partial charge >= 0.3 is 0 Å². The fourth-order valence-electron chi connectivity index (χ4n) is 1.08. The first-order valence-electron chi connectivity index (χ1n) is 3.92. The second-order valence-electron chi connectivity index (χ2n) is 2.53. The van der Waals surface area contributed by atoms with E-state index in [1.54, 1.807) is 30.6 Å². The Labute approximate surface area is 79.4 Å². The van der Waals surface area contributed by atoms with Crippen LogP contribution in [-0.4, -0.2) is 15.0 Å². The highest BCUT2D eigenvalue weighted by Gasteiger charge is 1.97. The Bertz CT molecular complexity index is 468. The highest BCUT2D eigenvalue weighted by atomic mass is 15.5. The molecule has 0 amide bonds. The predicted molar refractivity (Wildman–Crippen MR) is 50.2 cm³/mol. The number of nitrogens with zero attached hydrogens (tertiary/aromatic N) is 6. The molecule has 6 heteroatoms. The van der Waals surface area contributed by atoms with Crippen LogP contribution in [0.15, 0.2) is 41.8 Å². The third-order valence-electron chi connectivity index (χ3n) is 1.64. The van der Waals surface area contributed by atoms with E-state index in [-0.39, 0.29) is 0 Å². The molecule has 68 valence electrons. The summed E-state index contributed by atoms with van der Waals surface area (Å²) in [7, 11) is 0. The monoisotopic (exact) mass is 186 g/mol. The number of hydrogen-bond acceptors (Lipinski definition) is 3. The zero-order chi connectivity index (χ0) is 9.80. The number of benzene rings is 1. The van der Waals surface area contributed by atoms with Crippen LogP contribution in [0.3, 0.4) is 0 Å². The lowest BCUT2D eigenvalue weighted by Gasteiger charge is -1.99. The largest absolute Gasteiger partial charge is 0.157 e. The molecule has 2 rings (SSSR count). The minimum atomic E-state index is 0.544. The summed E-state index contributed by atoms with van der Waals surface area (Å²) in [5.41, 5.74) is 9.57. The van der Waals surface area contributed by atoms with Crippen molar-refractivity contribution in [2.75, 3.05) is 0 Å². The molecule has 0 radical (unpaired) electrons. The van der Waals surface area contributed by atoms with Crippen LogP contribution in [-0.2, 0) is 0 Å². The van der Waals surface area contributed by atoms with Gasteiger partial charge in [0.1, 0.15) is 0 Å². The first-order valence-corrected chi connectivity index (χ1v) is 3.92. The van der Waals surface area contributed by atoms with E-state index in [0.717, 1.165) is 5.69 Å². The first-order chi connectivity index (χ1) is 6.90. The molecule has 0 aliphatic carbocycles. The zero-order valence-corrected chi connectivity index (χ0v) is 7.15. The van der Waals surface area contributed by atoms with Crippen molar-refractivity contribution >= 4 is 5.69 Å². The second-order valence-corrected chi connectivity index (χ2v) is 2.53. The molecule has 0 atom stereocenters. The maximum Gasteiger partial charge on any atom is 0.0861 e. The molecule has 2 aromatic rings. The summed E-state index contributed by atoms with van der Waals surface area (Å²) in [6, 6.07) is 7.03. The molecule has 1 heterocycles. The van der Waals surface area contributed by atoms with Crippen LogP contribution in [0.5, 0.6) is 0 Å². The third kappa shape index (κ3) is 1.55. The predicted octanol–water partition coefficient (Wildman–Crippen LogP) is 2.21. The van der Waals surface area contributed by atoms with Gasteiger partial charge in [-0.3, -0.25) is 0 Å². The maximum atomic E-state index is 8.26. The summed E-state index contributed by atoms with van der Waals surface area (Å²) in [6.07, 6.45) is 3.17. The first kappa shape index (κ1) is 8.28. The van der Waals surface area contributed by atoms with Crippen molar-refractivity contribution in [3.8, 4) is 5.69 Å². The molecule has 0 saturated heterocycles. The average Bonchev–Trinajstić information content (AvgIpc) is 2.71. The molecule has 14 heavy (non-hydrogen) atoms. The van der Waals surface area contributed by atoms with E-state index < -0.39 is 0 Å². The summed E-state index contributed by atoms with van der Waals surface area (Å²) in [5, 5.41) is 11.4. The van der Waals surface area contributed by atoms with Crippen molar-refractivity contribution in [3.05, 3.63) is 47.1 Å². The molecule has 0 saturated carbocycles. The smallest absolute Gasteiger partial charge is 0.0861 e. The van der Waals surface area contributed by atoms with Crippen LogP contribution in [0.1, 0.15) is 0 Å². The second kappa shape index (κ2) is 3.59. The van der Waals surface area contributed by atoms with Crippen LogP contribution in [0.4, 0.5) is 5.69 Å². The number of azide groups is 1. The zero-order valence-electron chi connectivity index (χ0n) is 7.15. The minimum Gasteiger partial charge on any atom is -0.157 e. The highest BCUT2D eigenvalue weighted by molar-refractivity contribution is 5.45. The molecule has 0 aliphatic rings. The van der Waals surface area contributed by atoms with Gasteiger partial charge in [-0.1, -0.05) is 17.2 Å². The molecular weight excluding hydrogens is 180 g/mol. The normalized spacial score (nSPS) is 9.43. The quantitative estimate of drug-likeness (QED) is 0.409. The molecule has 0 bridgehead atoms. The number of hydrogen-bond donors (Lipinski definition) is 0. The Hall–Kier alpha value is -2.33. The van der Waals surface area contributed by atoms with Gasteiger partial charge in [0.2, 0.25) is 0 Å². The Morgan fingerprint density at radius 1 is 1.29 bits per heavy atom. The van der Waals surface area contributed by atoms with E-state index in [1.807, 2.05) is 6.07 Å². The minimum absolute atomic E-state index is 0.544. The molecule has 6 nitrogen and oxygen atoms in total. The lowest BCUT2D eigenvalue weighted by atomic mass is 10.3. The van der Waals surface area contributed by atoms with Gasteiger partial charge in [0.15, 0.2) is 0 Å². The Kier molecular flexibility index (Phi) is 2.12. The van der Waals surface area contributed by atoms with Gasteiger partial charge in [0.25, 0.3) is 0 Å². The van der Waals surface area contributed by atoms with Crippen LogP contribution in [0.25, 0.3) is 16.1 Å². The van der Waals surface area contributed by atoms with Crippen molar-refractivity contribution in [3.63, 3.8) is 0 Å². The van der Waals surface area contributed by atoms with E-state index in [4.69, 9.17) is 5.53 Å². The van der Waals surface area contributed by atoms with Gasteiger partial charge in [-0.2, -0.15) is 15.0 Å². The van der Waals surface area contributed by atoms with Gasteiger partial charge in [0.05, 0.1) is 18.1 Å². The van der Waals surface area contributed by atoms with Crippen molar-refractivity contribution in [1.82, 2.24) is 15.0 Å². The van der Waals surface area contributed by atoms with E-state index in [9.17, 15) is 0 Å². The van der Waals surface area contributed by atoms with Gasteiger partial charge in [-0.05, 0) is 17.7 Å². The van der Waals surface area contributed by atoms with Gasteiger partial charge in [-0.15, -0.1) is 0 Å². The molecule has 0 unspecified atom stereocenters. The highest BCUT2D eigenvalue weighted by Crippen LogP contribution is 2.15. The molecule has 1 aromatic carbocycles. The van der Waals surface area contributed by atoms with Gasteiger partial charge in [0, 0.05) is 10.6 Å². The van der Waals surface area contributed by atoms with Crippen molar-refractivity contribution in [2.24, 2.45) is 5.11 Å². The Balaban J connectivity index is 2.45. The summed E-state index contributed by atoms with van der Waals surface area (Å²) < 4.78 is 0. The lowest BCUT2D eigenvalue weighted by Crippen LogP contribution is -1.97. The van der Waals surface area contributed by atoms with Crippen LogP contribution in [0.2, 0.25) is 0 Å². The number of aromatic nitrogens is 3. The summed E-state index contributed by atoms with van der Waals surface area (Å²) in [4.78, 5) is 4.16. The van der Waals surface area contributed by atoms with Crippen molar-refractivity contribution in [1.29, 1.82) is 0 Å². The molecular formula is C8H6N6. The standard InChI is InChI=1S/C8H6N6/c9-13-12-7-2-1-3-8(6-7)14-10-4-5-11-14/h1-6H. The third-order valence-corrected chi connectivity index (χ3v) is 1.64. The van der Waals surface area contributed by atoms with Gasteiger partial charge in [-0.25, -0.2) is 0 Å². The molecule has 0 N–H and O–H groups in total. The summed E-state index contributed by atoms with van der Waals surface area (Å²) in [6.45, 7) is 0. The van der Waals surface area contributed by atoms with E-state index in [2.05, 4.69) is 20.2 Å². The maximum absolute atomic E-state index is 8.26. The average molecular weight is 186 g/mol. The van der Waals surface area contributed by atoms with E-state index in [0.29, 0.717) is 5.69 Å². The molecule has 0 aliphatic heterocycles. The van der Waals surface area contributed by atoms with Crippen LogP contribution >= 0.6 is 0 Å². The van der Waals surface area contributed by atoms with E-state index in [1.165, 1.54) is 4.80 Å². The number of rotatable bonds is 2. The van der Waals surface area contributed by atoms with Crippen molar-refractivity contribution < 1.29 is 0 Å². The van der Waals surface area contributed by atoms with Gasteiger partial charge < -0.3 is 0 Å².